The lowest BCUT2D eigenvalue weighted by Crippen LogP contribution is -1.92. The number of aromatic nitrogens is 1. The van der Waals surface area contributed by atoms with Crippen molar-refractivity contribution in [3.05, 3.63) is 11.6 Å². The van der Waals surface area contributed by atoms with E-state index in [0.29, 0.717) is 0 Å². The van der Waals surface area contributed by atoms with Crippen LogP contribution in [-0.2, 0) is 0 Å². The van der Waals surface area contributed by atoms with Crippen LogP contribution < -0.4 is 0 Å². The Balaban J connectivity index is 3.15. The molecule has 1 aromatic rings. The third-order valence-electron chi connectivity index (χ3n) is 1.01. The van der Waals surface area contributed by atoms with E-state index in [4.69, 9.17) is 15.3 Å². The van der Waals surface area contributed by atoms with Crippen LogP contribution in [0, 0.1) is 0 Å². The van der Waals surface area contributed by atoms with Crippen LogP contribution in [0.5, 0.6) is 11.8 Å². The second-order valence-electron chi connectivity index (χ2n) is 1.72. The number of carbonyl (C=O) groups is 1. The van der Waals surface area contributed by atoms with E-state index < -0.39 is 11.8 Å². The summed E-state index contributed by atoms with van der Waals surface area (Å²) in [6.07, 6.45) is 0. The molecule has 1 heterocycles. The van der Waals surface area contributed by atoms with Gasteiger partial charge in [-0.3, -0.25) is 4.98 Å². The lowest BCUT2D eigenvalue weighted by atomic mass is 10.3. The average molecular weight is 143 g/mol. The third-order valence-corrected chi connectivity index (χ3v) is 1.01. The van der Waals surface area contributed by atoms with Gasteiger partial charge in [-0.15, -0.1) is 0 Å². The maximum atomic E-state index is 10.1. The van der Waals surface area contributed by atoms with Gasteiger partial charge in [0, 0.05) is 6.07 Å². The number of aromatic amines is 1. The molecule has 0 aliphatic rings. The Labute approximate surface area is 55.5 Å². The topological polar surface area (TPSA) is 93.5 Å². The minimum absolute atomic E-state index is 0.336. The van der Waals surface area contributed by atoms with Gasteiger partial charge in [-0.25, -0.2) is 4.79 Å². The highest BCUT2D eigenvalue weighted by Crippen LogP contribution is 2.20. The van der Waals surface area contributed by atoms with E-state index >= 15 is 0 Å². The molecule has 0 saturated heterocycles. The summed E-state index contributed by atoms with van der Waals surface area (Å²) in [6, 6.07) is 0.928. The van der Waals surface area contributed by atoms with Gasteiger partial charge in [-0.05, 0) is 0 Å². The summed E-state index contributed by atoms with van der Waals surface area (Å²) >= 11 is 0. The summed E-state index contributed by atoms with van der Waals surface area (Å²) < 4.78 is 0. The predicted molar refractivity (Wildman–Crippen MR) is 31.1 cm³/mol. The summed E-state index contributed by atoms with van der Waals surface area (Å²) in [4.78, 5) is 12.2. The number of H-pyrrole nitrogens is 1. The first-order chi connectivity index (χ1) is 4.61. The molecule has 1 aromatic heterocycles. The summed E-state index contributed by atoms with van der Waals surface area (Å²) in [5.41, 5.74) is -0.336. The zero-order chi connectivity index (χ0) is 7.72. The molecular weight excluding hydrogens is 138 g/mol. The number of carboxylic acid groups (broad SMARTS) is 1. The monoisotopic (exact) mass is 143 g/mol. The first-order valence-electron chi connectivity index (χ1n) is 2.45. The number of aromatic carboxylic acids is 1. The first-order valence-corrected chi connectivity index (χ1v) is 2.45. The fourth-order valence-electron chi connectivity index (χ4n) is 0.593. The fourth-order valence-corrected chi connectivity index (χ4v) is 0.593. The van der Waals surface area contributed by atoms with Crippen molar-refractivity contribution in [3.8, 4) is 11.8 Å². The standard InChI is InChI=1S/C5H5NO4/c7-3-1-2(5(9)10)4(8)6-3/h1,6-8H,(H,9,10). The van der Waals surface area contributed by atoms with Crippen LogP contribution >= 0.6 is 0 Å². The van der Waals surface area contributed by atoms with E-state index in [-0.39, 0.29) is 11.4 Å². The van der Waals surface area contributed by atoms with Crippen molar-refractivity contribution < 1.29 is 20.1 Å². The lowest BCUT2D eigenvalue weighted by Gasteiger charge is -1.85. The lowest BCUT2D eigenvalue weighted by molar-refractivity contribution is 0.0693. The molecule has 4 N–H and O–H groups in total. The molecule has 0 radical (unpaired) electrons. The molecule has 0 fully saturated rings. The summed E-state index contributed by atoms with van der Waals surface area (Å²) in [5, 5.41) is 25.6. The fraction of sp³-hybridized carbons (Fsp3) is 0. The van der Waals surface area contributed by atoms with Gasteiger partial charge >= 0.3 is 5.97 Å². The van der Waals surface area contributed by atoms with E-state index in [9.17, 15) is 4.79 Å². The summed E-state index contributed by atoms with van der Waals surface area (Å²) in [7, 11) is 0. The minimum Gasteiger partial charge on any atom is -0.494 e. The molecule has 0 amide bonds. The van der Waals surface area contributed by atoms with E-state index in [1.807, 2.05) is 4.98 Å². The zero-order valence-corrected chi connectivity index (χ0v) is 4.83. The van der Waals surface area contributed by atoms with Crippen molar-refractivity contribution in [2.45, 2.75) is 0 Å². The highest BCUT2D eigenvalue weighted by atomic mass is 16.4. The molecule has 0 atom stereocenters. The van der Waals surface area contributed by atoms with Crippen LogP contribution in [-0.4, -0.2) is 26.3 Å². The molecule has 5 nitrogen and oxygen atoms in total. The Kier molecular flexibility index (Phi) is 1.26. The summed E-state index contributed by atoms with van der Waals surface area (Å²) in [6.45, 7) is 0. The van der Waals surface area contributed by atoms with Gasteiger partial charge in [0.25, 0.3) is 0 Å². The van der Waals surface area contributed by atoms with Gasteiger partial charge in [0.05, 0.1) is 0 Å². The molecule has 0 saturated carbocycles. The number of rotatable bonds is 1. The van der Waals surface area contributed by atoms with Gasteiger partial charge in [0.2, 0.25) is 5.88 Å². The maximum absolute atomic E-state index is 10.1. The van der Waals surface area contributed by atoms with Crippen LogP contribution in [0.4, 0.5) is 0 Å². The number of hydrogen-bond donors (Lipinski definition) is 4. The molecule has 10 heavy (non-hydrogen) atoms. The van der Waals surface area contributed by atoms with Crippen molar-refractivity contribution in [2.75, 3.05) is 0 Å². The van der Waals surface area contributed by atoms with Crippen molar-refractivity contribution in [3.63, 3.8) is 0 Å². The molecule has 0 aromatic carbocycles. The Bertz CT molecular complexity index is 265. The van der Waals surface area contributed by atoms with Crippen molar-refractivity contribution in [1.29, 1.82) is 0 Å². The van der Waals surface area contributed by atoms with Crippen molar-refractivity contribution in [2.24, 2.45) is 0 Å². The maximum Gasteiger partial charge on any atom is 0.341 e. The second kappa shape index (κ2) is 1.94. The van der Waals surface area contributed by atoms with Gasteiger partial charge < -0.3 is 15.3 Å². The minimum atomic E-state index is -1.28. The van der Waals surface area contributed by atoms with Crippen LogP contribution in [0.3, 0.4) is 0 Å². The van der Waals surface area contributed by atoms with Gasteiger partial charge in [0.15, 0.2) is 5.88 Å². The molecule has 54 valence electrons. The molecule has 0 aliphatic carbocycles. The normalized spacial score (nSPS) is 9.60. The van der Waals surface area contributed by atoms with Gasteiger partial charge in [-0.2, -0.15) is 0 Å². The molecule has 1 rings (SSSR count). The van der Waals surface area contributed by atoms with Crippen LogP contribution in [0.15, 0.2) is 6.07 Å². The second-order valence-corrected chi connectivity index (χ2v) is 1.72. The molecule has 5 heteroatoms. The molecule has 0 unspecified atom stereocenters. The largest absolute Gasteiger partial charge is 0.494 e. The highest BCUT2D eigenvalue weighted by Gasteiger charge is 2.12. The SMILES string of the molecule is O=C(O)c1cc(O)[nH]c1O. The molecular formula is C5H5NO4. The van der Waals surface area contributed by atoms with Crippen LogP contribution in [0.1, 0.15) is 10.4 Å². The Hall–Kier alpha value is -1.65. The van der Waals surface area contributed by atoms with Crippen molar-refractivity contribution in [1.82, 2.24) is 4.98 Å². The van der Waals surface area contributed by atoms with Crippen LogP contribution in [0.2, 0.25) is 0 Å². The molecule has 0 aliphatic heterocycles. The number of aromatic hydroxyl groups is 2. The quantitative estimate of drug-likeness (QED) is 0.449. The molecule has 0 bridgehead atoms. The number of carboxylic acids is 1. The zero-order valence-electron chi connectivity index (χ0n) is 4.83. The Morgan fingerprint density at radius 1 is 1.50 bits per heavy atom. The predicted octanol–water partition coefficient (Wildman–Crippen LogP) is 0.124. The third kappa shape index (κ3) is 0.883. The molecule has 0 spiro atoms. The highest BCUT2D eigenvalue weighted by molar-refractivity contribution is 5.90. The average Bonchev–Trinajstić information content (AvgIpc) is 2.10. The number of hydrogen-bond acceptors (Lipinski definition) is 3. The van der Waals surface area contributed by atoms with E-state index in [1.165, 1.54) is 0 Å². The number of nitrogens with one attached hydrogen (secondary N) is 1. The van der Waals surface area contributed by atoms with Gasteiger partial charge in [-0.1, -0.05) is 0 Å². The van der Waals surface area contributed by atoms with E-state index in [0.717, 1.165) is 6.07 Å². The van der Waals surface area contributed by atoms with Crippen LogP contribution in [0.25, 0.3) is 0 Å². The van der Waals surface area contributed by atoms with E-state index in [1.54, 1.807) is 0 Å². The first kappa shape index (κ1) is 6.47. The van der Waals surface area contributed by atoms with Crippen molar-refractivity contribution >= 4 is 5.97 Å². The smallest absolute Gasteiger partial charge is 0.341 e. The summed E-state index contributed by atoms with van der Waals surface area (Å²) in [5.74, 6) is -2.19. The Morgan fingerprint density at radius 2 is 2.10 bits per heavy atom. The van der Waals surface area contributed by atoms with E-state index in [2.05, 4.69) is 0 Å². The Morgan fingerprint density at radius 3 is 2.30 bits per heavy atom. The van der Waals surface area contributed by atoms with Gasteiger partial charge in [0.1, 0.15) is 5.56 Å².